The number of hydrogen-bond donors (Lipinski definition) is 1. The van der Waals surface area contributed by atoms with Crippen LogP contribution < -0.4 is 10.3 Å². The van der Waals surface area contributed by atoms with E-state index in [1.807, 2.05) is 13.8 Å². The molecule has 10 heteroatoms. The zero-order valence-corrected chi connectivity index (χ0v) is 19.6. The van der Waals surface area contributed by atoms with E-state index >= 15 is 0 Å². The highest BCUT2D eigenvalue weighted by Crippen LogP contribution is 2.22. The number of fused-ring (bicyclic) bond motifs is 1. The van der Waals surface area contributed by atoms with Gasteiger partial charge in [-0.25, -0.2) is 13.4 Å². The SMILES string of the molecule is CC(C)Cn1c(SCC(=O)c2ccc(NS(C)(=O)=O)cc2)nc2ccc(Cl)cc2c1=O. The van der Waals surface area contributed by atoms with Crippen molar-refractivity contribution in [1.29, 1.82) is 0 Å². The van der Waals surface area contributed by atoms with Crippen LogP contribution in [-0.4, -0.2) is 35.8 Å². The maximum Gasteiger partial charge on any atom is 0.262 e. The largest absolute Gasteiger partial charge is 0.293 e. The molecule has 1 heterocycles. The normalized spacial score (nSPS) is 11.8. The van der Waals surface area contributed by atoms with E-state index in [0.29, 0.717) is 38.9 Å². The minimum Gasteiger partial charge on any atom is -0.293 e. The van der Waals surface area contributed by atoms with Gasteiger partial charge in [-0.05, 0) is 48.4 Å². The van der Waals surface area contributed by atoms with Crippen LogP contribution in [0, 0.1) is 5.92 Å². The second-order valence-electron chi connectivity index (χ2n) is 7.53. The van der Waals surface area contributed by atoms with Crippen molar-refractivity contribution in [2.75, 3.05) is 16.7 Å². The molecule has 1 aromatic heterocycles. The van der Waals surface area contributed by atoms with Gasteiger partial charge in [-0.2, -0.15) is 0 Å². The molecule has 0 bridgehead atoms. The lowest BCUT2D eigenvalue weighted by Gasteiger charge is -2.15. The lowest BCUT2D eigenvalue weighted by Crippen LogP contribution is -2.25. The maximum absolute atomic E-state index is 13.0. The number of Topliss-reactive ketones (excluding diaryl/α,β-unsaturated/α-hetero) is 1. The van der Waals surface area contributed by atoms with Gasteiger partial charge in [0.25, 0.3) is 5.56 Å². The quantitative estimate of drug-likeness (QED) is 0.297. The fourth-order valence-corrected chi connectivity index (χ4v) is 4.60. The summed E-state index contributed by atoms with van der Waals surface area (Å²) in [6.07, 6.45) is 1.06. The summed E-state index contributed by atoms with van der Waals surface area (Å²) in [7, 11) is -3.38. The molecule has 0 radical (unpaired) electrons. The average Bonchev–Trinajstić information content (AvgIpc) is 2.68. The minimum atomic E-state index is -3.38. The lowest BCUT2D eigenvalue weighted by atomic mass is 10.1. The van der Waals surface area contributed by atoms with E-state index in [9.17, 15) is 18.0 Å². The topological polar surface area (TPSA) is 98.1 Å². The molecular weight excluding hydrogens is 458 g/mol. The Morgan fingerprint density at radius 3 is 2.48 bits per heavy atom. The van der Waals surface area contributed by atoms with E-state index < -0.39 is 10.0 Å². The number of hydrogen-bond acceptors (Lipinski definition) is 6. The van der Waals surface area contributed by atoms with E-state index in [0.717, 1.165) is 6.26 Å². The van der Waals surface area contributed by atoms with Crippen LogP contribution in [0.4, 0.5) is 5.69 Å². The zero-order valence-electron chi connectivity index (χ0n) is 17.3. The molecule has 0 amide bonds. The first-order chi connectivity index (χ1) is 14.5. The van der Waals surface area contributed by atoms with E-state index in [1.165, 1.54) is 23.9 Å². The predicted octanol–water partition coefficient (Wildman–Crippen LogP) is 4.05. The highest BCUT2D eigenvalue weighted by Gasteiger charge is 2.15. The number of halogens is 1. The highest BCUT2D eigenvalue weighted by atomic mass is 35.5. The first-order valence-electron chi connectivity index (χ1n) is 9.47. The molecule has 164 valence electrons. The fraction of sp³-hybridized carbons (Fsp3) is 0.286. The molecule has 0 aliphatic carbocycles. The number of thioether (sulfide) groups is 1. The first-order valence-corrected chi connectivity index (χ1v) is 12.7. The van der Waals surface area contributed by atoms with Crippen LogP contribution >= 0.6 is 23.4 Å². The zero-order chi connectivity index (χ0) is 22.8. The summed E-state index contributed by atoms with van der Waals surface area (Å²) in [5.74, 6) is 0.140. The molecule has 2 aromatic carbocycles. The Balaban J connectivity index is 1.84. The number of nitrogens with one attached hydrogen (secondary N) is 1. The Hall–Kier alpha value is -2.36. The number of sulfonamides is 1. The van der Waals surface area contributed by atoms with Crippen molar-refractivity contribution in [2.24, 2.45) is 5.92 Å². The number of nitrogens with zero attached hydrogens (tertiary/aromatic N) is 2. The van der Waals surface area contributed by atoms with Crippen molar-refractivity contribution in [2.45, 2.75) is 25.5 Å². The van der Waals surface area contributed by atoms with Crippen LogP contribution in [0.15, 0.2) is 52.4 Å². The molecule has 0 spiro atoms. The molecule has 7 nitrogen and oxygen atoms in total. The van der Waals surface area contributed by atoms with Gasteiger partial charge in [-0.1, -0.05) is 37.2 Å². The third kappa shape index (κ3) is 6.09. The fourth-order valence-electron chi connectivity index (χ4n) is 2.96. The van der Waals surface area contributed by atoms with Gasteiger partial charge in [0.1, 0.15) is 0 Å². The molecule has 1 N–H and O–H groups in total. The molecular formula is C21H22ClN3O4S2. The minimum absolute atomic E-state index is 0.0858. The van der Waals surface area contributed by atoms with Gasteiger partial charge in [0.05, 0.1) is 22.9 Å². The number of carbonyl (C=O) groups excluding carboxylic acids is 1. The predicted molar refractivity (Wildman–Crippen MR) is 126 cm³/mol. The summed E-state index contributed by atoms with van der Waals surface area (Å²) in [5, 5.41) is 1.38. The molecule has 0 saturated carbocycles. The number of anilines is 1. The maximum atomic E-state index is 13.0. The van der Waals surface area contributed by atoms with Gasteiger partial charge in [0, 0.05) is 22.8 Å². The third-order valence-electron chi connectivity index (χ3n) is 4.27. The molecule has 31 heavy (non-hydrogen) atoms. The molecule has 0 aliphatic heterocycles. The van der Waals surface area contributed by atoms with Crippen molar-refractivity contribution in [3.63, 3.8) is 0 Å². The van der Waals surface area contributed by atoms with E-state index in [4.69, 9.17) is 11.6 Å². The summed E-state index contributed by atoms with van der Waals surface area (Å²) < 4.78 is 26.5. The molecule has 0 unspecified atom stereocenters. The smallest absolute Gasteiger partial charge is 0.262 e. The van der Waals surface area contributed by atoms with Crippen LogP contribution in [0.25, 0.3) is 10.9 Å². The standard InChI is InChI=1S/C21H22ClN3O4S2/c1-13(2)11-25-20(27)17-10-15(22)6-9-18(17)23-21(25)30-12-19(26)14-4-7-16(8-5-14)24-31(3,28)29/h4-10,13,24H,11-12H2,1-3H3. The van der Waals surface area contributed by atoms with Gasteiger partial charge in [-0.15, -0.1) is 0 Å². The van der Waals surface area contributed by atoms with Crippen LogP contribution in [-0.2, 0) is 16.6 Å². The molecule has 0 fully saturated rings. The summed E-state index contributed by atoms with van der Waals surface area (Å²) >= 11 is 7.24. The number of ketones is 1. The number of aromatic nitrogens is 2. The second-order valence-corrected chi connectivity index (χ2v) is 10.7. The molecule has 0 saturated heterocycles. The average molecular weight is 480 g/mol. The van der Waals surface area contributed by atoms with Crippen molar-refractivity contribution < 1.29 is 13.2 Å². The van der Waals surface area contributed by atoms with Crippen molar-refractivity contribution >= 4 is 55.8 Å². The lowest BCUT2D eigenvalue weighted by molar-refractivity contribution is 0.102. The Kier molecular flexibility index (Phi) is 7.08. The summed E-state index contributed by atoms with van der Waals surface area (Å²) in [4.78, 5) is 30.3. The van der Waals surface area contributed by atoms with Crippen molar-refractivity contribution in [3.05, 3.63) is 63.4 Å². The Bertz CT molecular complexity index is 1290. The van der Waals surface area contributed by atoms with Crippen LogP contribution in [0.1, 0.15) is 24.2 Å². The second kappa shape index (κ2) is 9.42. The Morgan fingerprint density at radius 1 is 1.19 bits per heavy atom. The number of benzene rings is 2. The van der Waals surface area contributed by atoms with Gasteiger partial charge >= 0.3 is 0 Å². The van der Waals surface area contributed by atoms with Crippen LogP contribution in [0.2, 0.25) is 5.02 Å². The molecule has 3 rings (SSSR count). The summed E-state index contributed by atoms with van der Waals surface area (Å²) in [6.45, 7) is 4.47. The van der Waals surface area contributed by atoms with Crippen LogP contribution in [0.3, 0.4) is 0 Å². The number of rotatable bonds is 8. The molecule has 0 aliphatic rings. The van der Waals surface area contributed by atoms with Gasteiger partial charge < -0.3 is 0 Å². The van der Waals surface area contributed by atoms with Gasteiger partial charge in [0.2, 0.25) is 10.0 Å². The summed E-state index contributed by atoms with van der Waals surface area (Å²) in [6, 6.07) is 11.2. The number of carbonyl (C=O) groups is 1. The third-order valence-corrected chi connectivity index (χ3v) is 6.09. The Morgan fingerprint density at radius 2 is 1.87 bits per heavy atom. The van der Waals surface area contributed by atoms with Gasteiger partial charge in [0.15, 0.2) is 10.9 Å². The van der Waals surface area contributed by atoms with E-state index in [2.05, 4.69) is 9.71 Å². The molecule has 3 aromatic rings. The summed E-state index contributed by atoms with van der Waals surface area (Å²) in [5.41, 5.74) is 1.16. The monoisotopic (exact) mass is 479 g/mol. The Labute approximate surface area is 189 Å². The van der Waals surface area contributed by atoms with Gasteiger partial charge in [-0.3, -0.25) is 18.9 Å². The van der Waals surface area contributed by atoms with E-state index in [-0.39, 0.29) is 23.0 Å². The molecule has 0 atom stereocenters. The first kappa shape index (κ1) is 23.3. The van der Waals surface area contributed by atoms with E-state index in [1.54, 1.807) is 34.9 Å². The van der Waals surface area contributed by atoms with Crippen molar-refractivity contribution in [3.8, 4) is 0 Å². The highest BCUT2D eigenvalue weighted by molar-refractivity contribution is 7.99. The van der Waals surface area contributed by atoms with Crippen molar-refractivity contribution in [1.82, 2.24) is 9.55 Å². The van der Waals surface area contributed by atoms with Crippen LogP contribution in [0.5, 0.6) is 0 Å².